The van der Waals surface area contributed by atoms with Gasteiger partial charge in [-0.15, -0.1) is 0 Å². The Bertz CT molecular complexity index is 933. The zero-order chi connectivity index (χ0) is 17.8. The molecule has 1 aromatic carbocycles. The van der Waals surface area contributed by atoms with Crippen LogP contribution in [0.5, 0.6) is 0 Å². The number of aromatic nitrogens is 2. The summed E-state index contributed by atoms with van der Waals surface area (Å²) in [5.41, 5.74) is 9.47. The first-order valence-corrected chi connectivity index (χ1v) is 7.85. The first-order chi connectivity index (χ1) is 12.1. The number of hydrogen-bond donors (Lipinski definition) is 3. The smallest absolute Gasteiger partial charge is 0.305 e. The molecular formula is C18H18N4O3. The molecule has 25 heavy (non-hydrogen) atoms. The third-order valence-corrected chi connectivity index (χ3v) is 3.83. The molecule has 2 aromatic heterocycles. The molecule has 0 atom stereocenters. The number of carboxylic acids is 1. The lowest BCUT2D eigenvalue weighted by molar-refractivity contribution is -0.136. The molecule has 0 radical (unpaired) electrons. The van der Waals surface area contributed by atoms with E-state index in [2.05, 4.69) is 10.3 Å². The molecule has 2 heterocycles. The number of hydrogen-bond acceptors (Lipinski definition) is 4. The average molecular weight is 338 g/mol. The zero-order valence-corrected chi connectivity index (χ0v) is 13.5. The number of carbonyl (C=O) groups is 2. The first kappa shape index (κ1) is 16.7. The Morgan fingerprint density at radius 1 is 1.24 bits per heavy atom. The normalized spacial score (nSPS) is 10.8. The van der Waals surface area contributed by atoms with E-state index in [0.29, 0.717) is 12.1 Å². The second kappa shape index (κ2) is 7.14. The lowest BCUT2D eigenvalue weighted by atomic mass is 10.1. The summed E-state index contributed by atoms with van der Waals surface area (Å²) in [5, 5.41) is 11.2. The van der Waals surface area contributed by atoms with Crippen molar-refractivity contribution in [2.45, 2.75) is 13.0 Å². The van der Waals surface area contributed by atoms with Crippen LogP contribution in [-0.4, -0.2) is 32.9 Å². The van der Waals surface area contributed by atoms with Crippen LogP contribution in [0.1, 0.15) is 22.3 Å². The number of fused-ring (bicyclic) bond motifs is 1. The second-order valence-electron chi connectivity index (χ2n) is 5.58. The maximum absolute atomic E-state index is 12.1. The number of aliphatic carboxylic acids is 1. The van der Waals surface area contributed by atoms with Gasteiger partial charge in [-0.2, -0.15) is 0 Å². The summed E-state index contributed by atoms with van der Waals surface area (Å²) < 4.78 is 1.90. The third kappa shape index (κ3) is 3.67. The van der Waals surface area contributed by atoms with Gasteiger partial charge in [0.2, 0.25) is 0 Å². The molecule has 0 fully saturated rings. The number of carbonyl (C=O) groups excluding carboxylic acids is 1. The quantitative estimate of drug-likeness (QED) is 0.633. The lowest BCUT2D eigenvalue weighted by Gasteiger charge is -2.05. The first-order valence-electron chi connectivity index (χ1n) is 7.85. The SMILES string of the molecule is NCc1cccn2cc(-c3cccc(C(=O)NCCC(=O)O)c3)nc12. The van der Waals surface area contributed by atoms with Crippen molar-refractivity contribution in [2.75, 3.05) is 6.54 Å². The van der Waals surface area contributed by atoms with Crippen molar-refractivity contribution in [2.24, 2.45) is 5.73 Å². The predicted molar refractivity (Wildman–Crippen MR) is 93.1 cm³/mol. The maximum atomic E-state index is 12.1. The van der Waals surface area contributed by atoms with E-state index < -0.39 is 5.97 Å². The fourth-order valence-corrected chi connectivity index (χ4v) is 2.57. The van der Waals surface area contributed by atoms with Crippen molar-refractivity contribution in [1.82, 2.24) is 14.7 Å². The van der Waals surface area contributed by atoms with E-state index in [4.69, 9.17) is 10.8 Å². The van der Waals surface area contributed by atoms with Crippen molar-refractivity contribution in [1.29, 1.82) is 0 Å². The highest BCUT2D eigenvalue weighted by Gasteiger charge is 2.11. The Hall–Kier alpha value is -3.19. The van der Waals surface area contributed by atoms with Crippen molar-refractivity contribution in [3.63, 3.8) is 0 Å². The molecule has 3 aromatic rings. The number of amides is 1. The minimum absolute atomic E-state index is 0.0899. The van der Waals surface area contributed by atoms with Gasteiger partial charge in [0, 0.05) is 42.2 Å². The highest BCUT2D eigenvalue weighted by atomic mass is 16.4. The molecule has 0 unspecified atom stereocenters. The molecule has 0 aliphatic carbocycles. The van der Waals surface area contributed by atoms with Gasteiger partial charge in [0.05, 0.1) is 12.1 Å². The molecular weight excluding hydrogens is 320 g/mol. The van der Waals surface area contributed by atoms with Gasteiger partial charge >= 0.3 is 5.97 Å². The van der Waals surface area contributed by atoms with E-state index in [1.807, 2.05) is 35.0 Å². The number of pyridine rings is 1. The highest BCUT2D eigenvalue weighted by Crippen LogP contribution is 2.21. The van der Waals surface area contributed by atoms with Gasteiger partial charge in [-0.05, 0) is 18.2 Å². The Morgan fingerprint density at radius 3 is 2.84 bits per heavy atom. The molecule has 7 nitrogen and oxygen atoms in total. The van der Waals surface area contributed by atoms with Gasteiger partial charge in [-0.25, -0.2) is 4.98 Å². The zero-order valence-electron chi connectivity index (χ0n) is 13.5. The minimum Gasteiger partial charge on any atom is -0.481 e. The van der Waals surface area contributed by atoms with Crippen LogP contribution in [0.2, 0.25) is 0 Å². The molecule has 0 aliphatic heterocycles. The van der Waals surface area contributed by atoms with Crippen LogP contribution < -0.4 is 11.1 Å². The van der Waals surface area contributed by atoms with Gasteiger partial charge in [-0.1, -0.05) is 18.2 Å². The molecule has 0 saturated heterocycles. The second-order valence-corrected chi connectivity index (χ2v) is 5.58. The Balaban J connectivity index is 1.86. The summed E-state index contributed by atoms with van der Waals surface area (Å²) in [6.07, 6.45) is 3.67. The lowest BCUT2D eigenvalue weighted by Crippen LogP contribution is -2.25. The Morgan fingerprint density at radius 2 is 2.08 bits per heavy atom. The number of carboxylic acid groups (broad SMARTS) is 1. The maximum Gasteiger partial charge on any atom is 0.305 e. The van der Waals surface area contributed by atoms with Gasteiger partial charge in [0.15, 0.2) is 0 Å². The van der Waals surface area contributed by atoms with Crippen LogP contribution >= 0.6 is 0 Å². The van der Waals surface area contributed by atoms with Gasteiger partial charge in [0.25, 0.3) is 5.91 Å². The summed E-state index contributed by atoms with van der Waals surface area (Å²) in [7, 11) is 0. The van der Waals surface area contributed by atoms with E-state index in [1.54, 1.807) is 18.2 Å². The summed E-state index contributed by atoms with van der Waals surface area (Å²) in [4.78, 5) is 27.3. The van der Waals surface area contributed by atoms with Gasteiger partial charge in [-0.3, -0.25) is 9.59 Å². The molecule has 4 N–H and O–H groups in total. The van der Waals surface area contributed by atoms with E-state index in [1.165, 1.54) is 0 Å². The number of nitrogens with zero attached hydrogens (tertiary/aromatic N) is 2. The molecule has 0 bridgehead atoms. The minimum atomic E-state index is -0.950. The molecule has 1 amide bonds. The molecule has 3 rings (SSSR count). The van der Waals surface area contributed by atoms with E-state index in [9.17, 15) is 9.59 Å². The molecule has 0 spiro atoms. The van der Waals surface area contributed by atoms with Gasteiger partial charge in [0.1, 0.15) is 5.65 Å². The van der Waals surface area contributed by atoms with Crippen LogP contribution in [0.25, 0.3) is 16.9 Å². The standard InChI is InChI=1S/C18H18N4O3/c19-10-14-5-2-8-22-11-15(21-17(14)22)12-3-1-4-13(9-12)18(25)20-7-6-16(23)24/h1-5,8-9,11H,6-7,10,19H2,(H,20,25)(H,23,24). The number of benzene rings is 1. The Kier molecular flexibility index (Phi) is 4.76. The van der Waals surface area contributed by atoms with E-state index in [-0.39, 0.29) is 18.9 Å². The number of nitrogens with two attached hydrogens (primary N) is 1. The summed E-state index contributed by atoms with van der Waals surface area (Å²) in [5.74, 6) is -1.26. The molecule has 0 saturated carbocycles. The highest BCUT2D eigenvalue weighted by molar-refractivity contribution is 5.95. The van der Waals surface area contributed by atoms with Crippen LogP contribution in [0.3, 0.4) is 0 Å². The van der Waals surface area contributed by atoms with Gasteiger partial charge < -0.3 is 20.6 Å². The van der Waals surface area contributed by atoms with Crippen LogP contribution in [-0.2, 0) is 11.3 Å². The summed E-state index contributed by atoms with van der Waals surface area (Å²) >= 11 is 0. The van der Waals surface area contributed by atoms with Crippen molar-refractivity contribution >= 4 is 17.5 Å². The monoisotopic (exact) mass is 338 g/mol. The number of nitrogens with one attached hydrogen (secondary N) is 1. The van der Waals surface area contributed by atoms with Crippen LogP contribution in [0, 0.1) is 0 Å². The summed E-state index contributed by atoms with van der Waals surface area (Å²) in [6, 6.07) is 10.9. The number of rotatable bonds is 6. The van der Waals surface area contributed by atoms with Crippen molar-refractivity contribution < 1.29 is 14.7 Å². The van der Waals surface area contributed by atoms with E-state index in [0.717, 1.165) is 22.5 Å². The fourth-order valence-electron chi connectivity index (χ4n) is 2.57. The fraction of sp³-hybridized carbons (Fsp3) is 0.167. The molecule has 7 heteroatoms. The Labute approximate surface area is 144 Å². The largest absolute Gasteiger partial charge is 0.481 e. The van der Waals surface area contributed by atoms with Crippen molar-refractivity contribution in [3.05, 3.63) is 59.9 Å². The van der Waals surface area contributed by atoms with E-state index >= 15 is 0 Å². The molecule has 128 valence electrons. The predicted octanol–water partition coefficient (Wildman–Crippen LogP) is 1.66. The average Bonchev–Trinajstić information content (AvgIpc) is 3.05. The van der Waals surface area contributed by atoms with Crippen molar-refractivity contribution in [3.8, 4) is 11.3 Å². The number of imidazole rings is 1. The third-order valence-electron chi connectivity index (χ3n) is 3.83. The summed E-state index contributed by atoms with van der Waals surface area (Å²) in [6.45, 7) is 0.486. The van der Waals surface area contributed by atoms with Crippen LogP contribution in [0.4, 0.5) is 0 Å². The molecule has 0 aliphatic rings. The topological polar surface area (TPSA) is 110 Å². The van der Waals surface area contributed by atoms with Crippen LogP contribution in [0.15, 0.2) is 48.8 Å².